The third-order valence-electron chi connectivity index (χ3n) is 5.12. The molecule has 1 saturated carbocycles. The van der Waals surface area contributed by atoms with Crippen molar-refractivity contribution in [2.24, 2.45) is 0 Å². The fraction of sp³-hybridized carbons (Fsp3) is 1.00. The van der Waals surface area contributed by atoms with Gasteiger partial charge < -0.3 is 5.32 Å². The molecule has 1 N–H and O–H groups in total. The monoisotopic (exact) mass is 251 g/mol. The van der Waals surface area contributed by atoms with E-state index in [4.69, 9.17) is 0 Å². The molecule has 0 aromatic heterocycles. The molecule has 2 saturated heterocycles. The van der Waals surface area contributed by atoms with E-state index in [-0.39, 0.29) is 0 Å². The van der Waals surface area contributed by atoms with E-state index in [1.54, 1.807) is 0 Å². The molecule has 0 radical (unpaired) electrons. The maximum atomic E-state index is 3.51. The highest BCUT2D eigenvalue weighted by Crippen LogP contribution is 2.27. The molecular weight excluding hydrogens is 222 g/mol. The van der Waals surface area contributed by atoms with Crippen LogP contribution >= 0.6 is 0 Å². The second kappa shape index (κ2) is 6.36. The van der Waals surface area contributed by atoms with Crippen molar-refractivity contribution in [3.8, 4) is 0 Å². The molecule has 0 bridgehead atoms. The largest absolute Gasteiger partial charge is 0.315 e. The van der Waals surface area contributed by atoms with Crippen LogP contribution in [0.2, 0.25) is 0 Å². The molecular formula is C15H29N3. The van der Waals surface area contributed by atoms with Crippen LogP contribution in [0.3, 0.4) is 0 Å². The van der Waals surface area contributed by atoms with Gasteiger partial charge in [0.25, 0.3) is 0 Å². The summed E-state index contributed by atoms with van der Waals surface area (Å²) in [7, 11) is 0. The zero-order chi connectivity index (χ0) is 12.2. The Labute approximate surface area is 112 Å². The minimum absolute atomic E-state index is 0.869. The summed E-state index contributed by atoms with van der Waals surface area (Å²) in [6.07, 6.45) is 10.2. The van der Waals surface area contributed by atoms with Gasteiger partial charge in [-0.2, -0.15) is 0 Å². The first-order chi connectivity index (χ1) is 8.93. The van der Waals surface area contributed by atoms with Crippen molar-refractivity contribution in [2.75, 3.05) is 39.3 Å². The van der Waals surface area contributed by atoms with E-state index >= 15 is 0 Å². The normalized spacial score (nSPS) is 30.7. The van der Waals surface area contributed by atoms with Crippen molar-refractivity contribution in [3.63, 3.8) is 0 Å². The Morgan fingerprint density at radius 1 is 0.667 bits per heavy atom. The molecule has 3 heteroatoms. The molecule has 0 aromatic rings. The van der Waals surface area contributed by atoms with Gasteiger partial charge in [0, 0.05) is 38.3 Å². The molecule has 3 nitrogen and oxygen atoms in total. The Morgan fingerprint density at radius 2 is 1.44 bits per heavy atom. The highest BCUT2D eigenvalue weighted by atomic mass is 15.3. The van der Waals surface area contributed by atoms with Crippen molar-refractivity contribution in [2.45, 2.75) is 57.0 Å². The molecule has 0 spiro atoms. The second-order valence-electron chi connectivity index (χ2n) is 6.39. The smallest absolute Gasteiger partial charge is 0.0351 e. The lowest BCUT2D eigenvalue weighted by molar-refractivity contribution is 0.00296. The van der Waals surface area contributed by atoms with Crippen LogP contribution in [0.4, 0.5) is 0 Å². The molecule has 0 unspecified atom stereocenters. The number of nitrogens with zero attached hydrogens (tertiary/aromatic N) is 2. The minimum Gasteiger partial charge on any atom is -0.315 e. The molecule has 1 aliphatic carbocycles. The van der Waals surface area contributed by atoms with Crippen molar-refractivity contribution >= 4 is 0 Å². The van der Waals surface area contributed by atoms with Crippen LogP contribution in [0.25, 0.3) is 0 Å². The van der Waals surface area contributed by atoms with Crippen LogP contribution in [0.1, 0.15) is 44.9 Å². The fourth-order valence-corrected chi connectivity index (χ4v) is 3.87. The Kier molecular flexibility index (Phi) is 4.55. The van der Waals surface area contributed by atoms with Crippen LogP contribution in [0.15, 0.2) is 0 Å². The number of likely N-dealkylation sites (tertiary alicyclic amines) is 1. The van der Waals surface area contributed by atoms with Crippen molar-refractivity contribution in [1.29, 1.82) is 0 Å². The van der Waals surface area contributed by atoms with Gasteiger partial charge in [0.1, 0.15) is 0 Å². The van der Waals surface area contributed by atoms with Gasteiger partial charge >= 0.3 is 0 Å². The Morgan fingerprint density at radius 3 is 2.22 bits per heavy atom. The lowest BCUT2D eigenvalue weighted by Gasteiger charge is -2.48. The molecule has 0 atom stereocenters. The summed E-state index contributed by atoms with van der Waals surface area (Å²) in [4.78, 5) is 5.50. The highest BCUT2D eigenvalue weighted by molar-refractivity contribution is 4.92. The summed E-state index contributed by atoms with van der Waals surface area (Å²) >= 11 is 0. The molecule has 2 aliphatic heterocycles. The third-order valence-corrected chi connectivity index (χ3v) is 5.12. The van der Waals surface area contributed by atoms with Crippen LogP contribution in [0, 0.1) is 0 Å². The predicted octanol–water partition coefficient (Wildman–Crippen LogP) is 1.69. The van der Waals surface area contributed by atoms with E-state index in [0.29, 0.717) is 0 Å². The van der Waals surface area contributed by atoms with Gasteiger partial charge in [0.15, 0.2) is 0 Å². The molecule has 0 amide bonds. The maximum absolute atomic E-state index is 3.51. The molecule has 3 fully saturated rings. The molecule has 2 heterocycles. The maximum Gasteiger partial charge on any atom is 0.0351 e. The quantitative estimate of drug-likeness (QED) is 0.754. The number of rotatable bonds is 2. The lowest BCUT2D eigenvalue weighted by Crippen LogP contribution is -2.62. The summed E-state index contributed by atoms with van der Waals surface area (Å²) in [5.74, 6) is 0. The van der Waals surface area contributed by atoms with Gasteiger partial charge in [-0.05, 0) is 32.4 Å². The predicted molar refractivity (Wildman–Crippen MR) is 75.9 cm³/mol. The Balaban J connectivity index is 1.43. The SMILES string of the molecule is C1CCCC(N2CC(N3CCCNCC3)C2)CC1. The van der Waals surface area contributed by atoms with E-state index in [2.05, 4.69) is 15.1 Å². The van der Waals surface area contributed by atoms with Gasteiger partial charge in [-0.3, -0.25) is 9.80 Å². The van der Waals surface area contributed by atoms with Crippen molar-refractivity contribution < 1.29 is 0 Å². The Bertz CT molecular complexity index is 210. The summed E-state index contributed by atoms with van der Waals surface area (Å²) < 4.78 is 0. The topological polar surface area (TPSA) is 18.5 Å². The average molecular weight is 251 g/mol. The first kappa shape index (κ1) is 12.9. The zero-order valence-corrected chi connectivity index (χ0v) is 11.7. The van der Waals surface area contributed by atoms with Gasteiger partial charge in [0.2, 0.25) is 0 Å². The standard InChI is InChI=1S/C15H29N3/c1-2-4-7-14(6-3-1)18-12-15(13-18)17-10-5-8-16-9-11-17/h14-16H,1-13H2. The summed E-state index contributed by atoms with van der Waals surface area (Å²) in [6.45, 7) is 7.70. The van der Waals surface area contributed by atoms with Gasteiger partial charge in [-0.25, -0.2) is 0 Å². The number of nitrogens with one attached hydrogen (secondary N) is 1. The average Bonchev–Trinajstić information content (AvgIpc) is 2.72. The molecule has 18 heavy (non-hydrogen) atoms. The van der Waals surface area contributed by atoms with Crippen molar-refractivity contribution in [1.82, 2.24) is 15.1 Å². The second-order valence-corrected chi connectivity index (χ2v) is 6.39. The van der Waals surface area contributed by atoms with Crippen LogP contribution in [-0.4, -0.2) is 61.2 Å². The lowest BCUT2D eigenvalue weighted by atomic mass is 9.98. The highest BCUT2D eigenvalue weighted by Gasteiger charge is 2.35. The molecule has 3 rings (SSSR count). The van der Waals surface area contributed by atoms with Crippen molar-refractivity contribution in [3.05, 3.63) is 0 Å². The fourth-order valence-electron chi connectivity index (χ4n) is 3.87. The summed E-state index contributed by atoms with van der Waals surface area (Å²) in [6, 6.07) is 1.79. The van der Waals surface area contributed by atoms with E-state index in [0.717, 1.165) is 12.1 Å². The molecule has 0 aromatic carbocycles. The number of hydrogen-bond acceptors (Lipinski definition) is 3. The van der Waals surface area contributed by atoms with E-state index < -0.39 is 0 Å². The molecule has 104 valence electrons. The van der Waals surface area contributed by atoms with Gasteiger partial charge in [-0.1, -0.05) is 25.7 Å². The zero-order valence-electron chi connectivity index (χ0n) is 11.7. The minimum atomic E-state index is 0.869. The Hall–Kier alpha value is -0.120. The molecule has 3 aliphatic rings. The first-order valence-corrected chi connectivity index (χ1v) is 8.12. The third kappa shape index (κ3) is 3.06. The van der Waals surface area contributed by atoms with Crippen LogP contribution < -0.4 is 5.32 Å². The summed E-state index contributed by atoms with van der Waals surface area (Å²) in [5.41, 5.74) is 0. The van der Waals surface area contributed by atoms with E-state index in [1.807, 2.05) is 0 Å². The van der Waals surface area contributed by atoms with Crippen LogP contribution in [0.5, 0.6) is 0 Å². The van der Waals surface area contributed by atoms with E-state index in [1.165, 1.54) is 84.2 Å². The number of hydrogen-bond donors (Lipinski definition) is 1. The van der Waals surface area contributed by atoms with Gasteiger partial charge in [0.05, 0.1) is 0 Å². The van der Waals surface area contributed by atoms with Gasteiger partial charge in [-0.15, -0.1) is 0 Å². The first-order valence-electron chi connectivity index (χ1n) is 8.12. The summed E-state index contributed by atoms with van der Waals surface area (Å²) in [5, 5.41) is 3.51. The van der Waals surface area contributed by atoms with Crippen LogP contribution in [-0.2, 0) is 0 Å². The van der Waals surface area contributed by atoms with E-state index in [9.17, 15) is 0 Å².